The van der Waals surface area contributed by atoms with Gasteiger partial charge >= 0.3 is 0 Å². The fourth-order valence-electron chi connectivity index (χ4n) is 2.19. The molecule has 0 aromatic heterocycles. The lowest BCUT2D eigenvalue weighted by Gasteiger charge is -2.25. The van der Waals surface area contributed by atoms with Crippen molar-refractivity contribution in [1.82, 2.24) is 0 Å². The van der Waals surface area contributed by atoms with Gasteiger partial charge in [-0.15, -0.1) is 0 Å². The topological polar surface area (TPSA) is 63.6 Å². The summed E-state index contributed by atoms with van der Waals surface area (Å²) in [5, 5.41) is 10.1. The second-order valence-corrected chi connectivity index (χ2v) is 6.89. The van der Waals surface area contributed by atoms with Crippen molar-refractivity contribution in [2.75, 3.05) is 12.9 Å². The largest absolute Gasteiger partial charge is 0.497 e. The van der Waals surface area contributed by atoms with Crippen molar-refractivity contribution >= 4 is 9.84 Å². The zero-order valence-electron chi connectivity index (χ0n) is 10.1. The minimum atomic E-state index is -3.28. The Bertz CT molecular complexity index is 540. The van der Waals surface area contributed by atoms with Gasteiger partial charge in [0.2, 0.25) is 0 Å². The summed E-state index contributed by atoms with van der Waals surface area (Å²) >= 11 is 0. The summed E-state index contributed by atoms with van der Waals surface area (Å²) in [6, 6.07) is 4.88. The highest BCUT2D eigenvalue weighted by atomic mass is 32.2. The molecule has 0 saturated heterocycles. The Balaban J connectivity index is 2.62. The van der Waals surface area contributed by atoms with E-state index in [1.54, 1.807) is 32.0 Å². The lowest BCUT2D eigenvalue weighted by Crippen LogP contribution is -2.30. The maximum Gasteiger partial charge on any atom is 0.179 e. The van der Waals surface area contributed by atoms with Crippen molar-refractivity contribution in [2.45, 2.75) is 30.3 Å². The summed E-state index contributed by atoms with van der Waals surface area (Å²) in [5.74, 6) is 0.159. The molecule has 0 amide bonds. The third kappa shape index (κ3) is 2.05. The number of hydrogen-bond acceptors (Lipinski definition) is 4. The maximum absolute atomic E-state index is 12.0. The number of aliphatic hydroxyl groups is 1. The van der Waals surface area contributed by atoms with Gasteiger partial charge in [0.05, 0.1) is 23.4 Å². The molecular formula is C12H16O4S. The molecule has 2 rings (SSSR count). The van der Waals surface area contributed by atoms with E-state index in [2.05, 4.69) is 0 Å². The van der Waals surface area contributed by atoms with E-state index in [4.69, 9.17) is 4.74 Å². The van der Waals surface area contributed by atoms with Gasteiger partial charge in [-0.05, 0) is 37.6 Å². The molecule has 17 heavy (non-hydrogen) atoms. The molecular weight excluding hydrogens is 240 g/mol. The van der Waals surface area contributed by atoms with Crippen molar-refractivity contribution in [3.63, 3.8) is 0 Å². The Morgan fingerprint density at radius 1 is 1.41 bits per heavy atom. The smallest absolute Gasteiger partial charge is 0.179 e. The number of benzene rings is 1. The molecule has 0 radical (unpaired) electrons. The van der Waals surface area contributed by atoms with Gasteiger partial charge in [0.1, 0.15) is 5.75 Å². The monoisotopic (exact) mass is 256 g/mol. The number of methoxy groups -OCH3 is 1. The Morgan fingerprint density at radius 2 is 2.06 bits per heavy atom. The lowest BCUT2D eigenvalue weighted by molar-refractivity contribution is 0.0574. The number of sulfone groups is 1. The second kappa shape index (κ2) is 3.71. The van der Waals surface area contributed by atoms with E-state index in [9.17, 15) is 13.5 Å². The molecule has 1 aliphatic rings. The van der Waals surface area contributed by atoms with E-state index in [0.717, 1.165) is 0 Å². The fourth-order valence-corrected chi connectivity index (χ4v) is 4.23. The molecule has 0 spiro atoms. The van der Waals surface area contributed by atoms with Crippen molar-refractivity contribution in [3.8, 4) is 5.75 Å². The average Bonchev–Trinajstić information content (AvgIpc) is 2.50. The standard InChI is InChI=1S/C12H16O4S/c1-12(2,13)10-7-17(14,15)11-5-4-8(16-3)6-9(10)11/h4-6,10,13H,7H2,1-3H3. The molecule has 1 aromatic carbocycles. The molecule has 0 saturated carbocycles. The fraction of sp³-hybridized carbons (Fsp3) is 0.500. The SMILES string of the molecule is COc1ccc2c(c1)C(C(C)(C)O)CS2(=O)=O. The van der Waals surface area contributed by atoms with Crippen molar-refractivity contribution in [1.29, 1.82) is 0 Å². The van der Waals surface area contributed by atoms with Gasteiger partial charge in [0.25, 0.3) is 0 Å². The molecule has 1 atom stereocenters. The average molecular weight is 256 g/mol. The highest BCUT2D eigenvalue weighted by Crippen LogP contribution is 2.42. The number of hydrogen-bond donors (Lipinski definition) is 1. The summed E-state index contributed by atoms with van der Waals surface area (Å²) in [6.45, 7) is 3.25. The second-order valence-electron chi connectivity index (χ2n) is 4.89. The normalized spacial score (nSPS) is 22.2. The Labute approximate surface area is 101 Å². The van der Waals surface area contributed by atoms with Crippen LogP contribution in [0.3, 0.4) is 0 Å². The molecule has 1 heterocycles. The van der Waals surface area contributed by atoms with Gasteiger partial charge in [-0.1, -0.05) is 0 Å². The predicted octanol–water partition coefficient (Wildman–Crippen LogP) is 1.34. The Morgan fingerprint density at radius 3 is 2.59 bits per heavy atom. The third-order valence-electron chi connectivity index (χ3n) is 3.17. The summed E-state index contributed by atoms with van der Waals surface area (Å²) in [7, 11) is -1.75. The quantitative estimate of drug-likeness (QED) is 0.867. The molecule has 94 valence electrons. The molecule has 0 aliphatic carbocycles. The molecule has 5 heteroatoms. The number of ether oxygens (including phenoxy) is 1. The summed E-state index contributed by atoms with van der Waals surface area (Å²) in [5.41, 5.74) is -0.415. The van der Waals surface area contributed by atoms with E-state index in [1.165, 1.54) is 7.11 Å². The van der Waals surface area contributed by atoms with Gasteiger partial charge in [0, 0.05) is 5.92 Å². The molecule has 0 fully saturated rings. The van der Waals surface area contributed by atoms with Crippen LogP contribution in [0.5, 0.6) is 5.75 Å². The zero-order valence-corrected chi connectivity index (χ0v) is 10.9. The van der Waals surface area contributed by atoms with E-state index in [0.29, 0.717) is 16.2 Å². The van der Waals surface area contributed by atoms with Crippen LogP contribution in [-0.4, -0.2) is 32.0 Å². The zero-order chi connectivity index (χ0) is 12.8. The minimum absolute atomic E-state index is 0.0427. The molecule has 1 N–H and O–H groups in total. The van der Waals surface area contributed by atoms with E-state index < -0.39 is 21.4 Å². The third-order valence-corrected chi connectivity index (χ3v) is 4.98. The van der Waals surface area contributed by atoms with Crippen LogP contribution in [0, 0.1) is 0 Å². The predicted molar refractivity (Wildman–Crippen MR) is 64.1 cm³/mol. The highest BCUT2D eigenvalue weighted by Gasteiger charge is 2.42. The highest BCUT2D eigenvalue weighted by molar-refractivity contribution is 7.91. The molecule has 0 bridgehead atoms. The summed E-state index contributed by atoms with van der Waals surface area (Å²) in [4.78, 5) is 0.311. The van der Waals surface area contributed by atoms with Crippen LogP contribution < -0.4 is 4.74 Å². The van der Waals surface area contributed by atoms with E-state index in [-0.39, 0.29) is 5.75 Å². The van der Waals surface area contributed by atoms with Crippen molar-refractivity contribution in [2.24, 2.45) is 0 Å². The van der Waals surface area contributed by atoms with Crippen LogP contribution in [0.4, 0.5) is 0 Å². The summed E-state index contributed by atoms with van der Waals surface area (Å²) < 4.78 is 29.0. The summed E-state index contributed by atoms with van der Waals surface area (Å²) in [6.07, 6.45) is 0. The first kappa shape index (κ1) is 12.4. The lowest BCUT2D eigenvalue weighted by atomic mass is 9.86. The maximum atomic E-state index is 12.0. The van der Waals surface area contributed by atoms with Crippen molar-refractivity contribution in [3.05, 3.63) is 23.8 Å². The Hall–Kier alpha value is -1.07. The molecule has 4 nitrogen and oxygen atoms in total. The van der Waals surface area contributed by atoms with Crippen LogP contribution in [0.25, 0.3) is 0 Å². The first-order chi connectivity index (χ1) is 7.75. The van der Waals surface area contributed by atoms with Gasteiger partial charge in [0.15, 0.2) is 9.84 Å². The van der Waals surface area contributed by atoms with Crippen LogP contribution in [-0.2, 0) is 9.84 Å². The van der Waals surface area contributed by atoms with Crippen molar-refractivity contribution < 1.29 is 18.3 Å². The van der Waals surface area contributed by atoms with E-state index >= 15 is 0 Å². The van der Waals surface area contributed by atoms with Gasteiger partial charge in [-0.25, -0.2) is 8.42 Å². The molecule has 1 unspecified atom stereocenters. The van der Waals surface area contributed by atoms with Gasteiger partial charge in [-0.2, -0.15) is 0 Å². The first-order valence-corrected chi connectivity index (χ1v) is 7.04. The van der Waals surface area contributed by atoms with E-state index in [1.807, 2.05) is 0 Å². The van der Waals surface area contributed by atoms with Gasteiger partial charge in [-0.3, -0.25) is 0 Å². The molecule has 1 aliphatic heterocycles. The van der Waals surface area contributed by atoms with Crippen LogP contribution >= 0.6 is 0 Å². The van der Waals surface area contributed by atoms with Gasteiger partial charge < -0.3 is 9.84 Å². The number of rotatable bonds is 2. The van der Waals surface area contributed by atoms with Crippen LogP contribution in [0.1, 0.15) is 25.3 Å². The minimum Gasteiger partial charge on any atom is -0.497 e. The number of fused-ring (bicyclic) bond motifs is 1. The Kier molecular flexibility index (Phi) is 2.71. The molecule has 1 aromatic rings. The van der Waals surface area contributed by atoms with Crippen LogP contribution in [0.2, 0.25) is 0 Å². The van der Waals surface area contributed by atoms with Crippen LogP contribution in [0.15, 0.2) is 23.1 Å². The first-order valence-electron chi connectivity index (χ1n) is 5.39.